The van der Waals surface area contributed by atoms with Crippen molar-refractivity contribution in [1.82, 2.24) is 9.62 Å². The molecule has 1 heterocycles. The number of amides is 1. The van der Waals surface area contributed by atoms with E-state index >= 15 is 0 Å². The molecule has 1 spiro atoms. The average Bonchev–Trinajstić information content (AvgIpc) is 2.38. The third kappa shape index (κ3) is 3.82. The van der Waals surface area contributed by atoms with Crippen LogP contribution in [0.5, 0.6) is 0 Å². The van der Waals surface area contributed by atoms with Crippen LogP contribution in [-0.2, 0) is 14.8 Å². The lowest BCUT2D eigenvalue weighted by molar-refractivity contribution is -0.0367. The number of sulfonamides is 1. The van der Waals surface area contributed by atoms with Gasteiger partial charge in [-0.25, -0.2) is 13.2 Å². The molecule has 0 aromatic heterocycles. The first kappa shape index (κ1) is 18.2. The summed E-state index contributed by atoms with van der Waals surface area (Å²) in [6, 6.07) is 7.00. The Balaban J connectivity index is 1.50. The van der Waals surface area contributed by atoms with Crippen molar-refractivity contribution in [3.8, 4) is 0 Å². The third-order valence-corrected chi connectivity index (χ3v) is 6.57. The highest BCUT2D eigenvalue weighted by Crippen LogP contribution is 2.50. The van der Waals surface area contributed by atoms with Gasteiger partial charge in [0.05, 0.1) is 4.90 Å². The van der Waals surface area contributed by atoms with Crippen molar-refractivity contribution in [3.05, 3.63) is 29.8 Å². The average molecular weight is 366 g/mol. The molecule has 1 aromatic carbocycles. The van der Waals surface area contributed by atoms with Gasteiger partial charge in [-0.15, -0.1) is 0 Å². The monoisotopic (exact) mass is 366 g/mol. The minimum absolute atomic E-state index is 0.0114. The van der Waals surface area contributed by atoms with Crippen LogP contribution in [-0.4, -0.2) is 43.5 Å². The molecule has 0 atom stereocenters. The molecule has 1 saturated heterocycles. The van der Waals surface area contributed by atoms with Crippen LogP contribution in [0.3, 0.4) is 0 Å². The van der Waals surface area contributed by atoms with Crippen LogP contribution in [0.1, 0.15) is 39.2 Å². The molecule has 0 unspecified atom stereocenters. The molecular weight excluding hydrogens is 340 g/mol. The van der Waals surface area contributed by atoms with Crippen LogP contribution < -0.4 is 5.32 Å². The number of aryl methyl sites for hydroxylation is 1. The molecule has 138 valence electrons. The van der Waals surface area contributed by atoms with E-state index in [4.69, 9.17) is 4.74 Å². The van der Waals surface area contributed by atoms with E-state index in [0.717, 1.165) is 18.4 Å². The van der Waals surface area contributed by atoms with Crippen LogP contribution in [0.4, 0.5) is 4.79 Å². The van der Waals surface area contributed by atoms with E-state index in [0.29, 0.717) is 18.0 Å². The zero-order valence-electron chi connectivity index (χ0n) is 15.2. The lowest BCUT2D eigenvalue weighted by Crippen LogP contribution is -2.67. The maximum Gasteiger partial charge on any atom is 0.407 e. The third-order valence-electron chi connectivity index (χ3n) is 4.76. The van der Waals surface area contributed by atoms with Gasteiger partial charge in [0.1, 0.15) is 5.60 Å². The van der Waals surface area contributed by atoms with Gasteiger partial charge in [0, 0.05) is 24.5 Å². The van der Waals surface area contributed by atoms with Crippen LogP contribution in [0, 0.1) is 12.3 Å². The molecule has 6 nitrogen and oxygen atoms in total. The molecule has 7 heteroatoms. The van der Waals surface area contributed by atoms with Crippen molar-refractivity contribution in [2.45, 2.75) is 57.1 Å². The minimum atomic E-state index is -3.41. The van der Waals surface area contributed by atoms with Gasteiger partial charge in [-0.2, -0.15) is 4.31 Å². The summed E-state index contributed by atoms with van der Waals surface area (Å²) in [7, 11) is -3.41. The predicted molar refractivity (Wildman–Crippen MR) is 94.8 cm³/mol. The van der Waals surface area contributed by atoms with Crippen molar-refractivity contribution < 1.29 is 17.9 Å². The first-order chi connectivity index (χ1) is 11.5. The van der Waals surface area contributed by atoms with Gasteiger partial charge in [0.15, 0.2) is 0 Å². The van der Waals surface area contributed by atoms with E-state index < -0.39 is 21.7 Å². The number of nitrogens with zero attached hydrogens (tertiary/aromatic N) is 1. The number of carbonyl (C=O) groups is 1. The largest absolute Gasteiger partial charge is 0.444 e. The maximum atomic E-state index is 12.6. The number of nitrogens with one attached hydrogen (secondary N) is 1. The SMILES string of the molecule is Cc1ccc(S(=O)(=O)N2CC3(CC(NC(=O)OC(C)(C)C)C3)C2)cc1. The van der Waals surface area contributed by atoms with Gasteiger partial charge in [-0.3, -0.25) is 0 Å². The van der Waals surface area contributed by atoms with Crippen LogP contribution in [0.15, 0.2) is 29.2 Å². The second-order valence-electron chi connectivity index (χ2n) is 8.34. The highest BCUT2D eigenvalue weighted by Gasteiger charge is 2.56. The molecule has 0 bridgehead atoms. The first-order valence-electron chi connectivity index (χ1n) is 8.56. The summed E-state index contributed by atoms with van der Waals surface area (Å²) in [6.45, 7) is 8.46. The number of ether oxygens (including phenoxy) is 1. The van der Waals surface area contributed by atoms with Crippen LogP contribution >= 0.6 is 0 Å². The fourth-order valence-electron chi connectivity index (χ4n) is 3.55. The van der Waals surface area contributed by atoms with Crippen LogP contribution in [0.25, 0.3) is 0 Å². The first-order valence-corrected chi connectivity index (χ1v) is 10.00. The summed E-state index contributed by atoms with van der Waals surface area (Å²) in [5.74, 6) is 0. The Morgan fingerprint density at radius 3 is 2.28 bits per heavy atom. The predicted octanol–water partition coefficient (Wildman–Crippen LogP) is 2.67. The van der Waals surface area contributed by atoms with Crippen molar-refractivity contribution in [3.63, 3.8) is 0 Å². The second kappa shape index (κ2) is 5.99. The van der Waals surface area contributed by atoms with E-state index in [2.05, 4.69) is 5.32 Å². The molecule has 2 aliphatic rings. The number of hydrogen-bond acceptors (Lipinski definition) is 4. The highest BCUT2D eigenvalue weighted by atomic mass is 32.2. The molecule has 3 rings (SSSR count). The van der Waals surface area contributed by atoms with Gasteiger partial charge in [-0.05, 0) is 52.7 Å². The Bertz CT molecular complexity index is 751. The molecule has 1 amide bonds. The number of alkyl carbamates (subject to hydrolysis) is 1. The van der Waals surface area contributed by atoms with E-state index in [9.17, 15) is 13.2 Å². The zero-order chi connectivity index (χ0) is 18.5. The quantitative estimate of drug-likeness (QED) is 0.892. The Kier molecular flexibility index (Phi) is 4.36. The van der Waals surface area contributed by atoms with Crippen molar-refractivity contribution in [2.24, 2.45) is 5.41 Å². The summed E-state index contributed by atoms with van der Waals surface area (Å²) in [5.41, 5.74) is 0.535. The lowest BCUT2D eigenvalue weighted by atomic mass is 9.61. The molecular formula is C18H26N2O4S. The van der Waals surface area contributed by atoms with E-state index in [1.165, 1.54) is 4.31 Å². The summed E-state index contributed by atoms with van der Waals surface area (Å²) in [6.07, 6.45) is 1.19. The molecule has 1 aliphatic carbocycles. The number of benzene rings is 1. The van der Waals surface area contributed by atoms with E-state index in [1.54, 1.807) is 12.1 Å². The summed E-state index contributed by atoms with van der Waals surface area (Å²) < 4.78 is 32.0. The maximum absolute atomic E-state index is 12.6. The Morgan fingerprint density at radius 1 is 1.20 bits per heavy atom. The van der Waals surface area contributed by atoms with Gasteiger partial charge < -0.3 is 10.1 Å². The molecule has 0 radical (unpaired) electrons. The Morgan fingerprint density at radius 2 is 1.76 bits per heavy atom. The van der Waals surface area contributed by atoms with Gasteiger partial charge in [0.2, 0.25) is 10.0 Å². The number of carbonyl (C=O) groups excluding carboxylic acids is 1. The number of hydrogen-bond donors (Lipinski definition) is 1. The van der Waals surface area contributed by atoms with Crippen molar-refractivity contribution in [2.75, 3.05) is 13.1 Å². The number of rotatable bonds is 3. The molecule has 25 heavy (non-hydrogen) atoms. The molecule has 1 N–H and O–H groups in total. The standard InChI is InChI=1S/C18H26N2O4S/c1-13-5-7-15(8-6-13)25(22,23)20-11-18(12-20)9-14(10-18)19-16(21)24-17(2,3)4/h5-8,14H,9-12H2,1-4H3,(H,19,21). The summed E-state index contributed by atoms with van der Waals surface area (Å²) in [4.78, 5) is 12.1. The normalized spacial score (nSPS) is 20.6. The molecule has 2 fully saturated rings. The van der Waals surface area contributed by atoms with Gasteiger partial charge in [-0.1, -0.05) is 17.7 Å². The fraction of sp³-hybridized carbons (Fsp3) is 0.611. The summed E-state index contributed by atoms with van der Waals surface area (Å²) in [5, 5.41) is 2.86. The summed E-state index contributed by atoms with van der Waals surface area (Å²) >= 11 is 0. The van der Waals surface area contributed by atoms with Crippen molar-refractivity contribution in [1.29, 1.82) is 0 Å². The molecule has 1 aromatic rings. The Labute approximate surface area is 149 Å². The Hall–Kier alpha value is -1.60. The van der Waals surface area contributed by atoms with E-state index in [-0.39, 0.29) is 11.5 Å². The molecule has 1 saturated carbocycles. The lowest BCUT2D eigenvalue weighted by Gasteiger charge is -2.58. The highest BCUT2D eigenvalue weighted by molar-refractivity contribution is 7.89. The van der Waals surface area contributed by atoms with Gasteiger partial charge in [0.25, 0.3) is 0 Å². The van der Waals surface area contributed by atoms with E-state index in [1.807, 2.05) is 39.8 Å². The smallest absolute Gasteiger partial charge is 0.407 e. The fourth-order valence-corrected chi connectivity index (χ4v) is 5.22. The molecule has 1 aliphatic heterocycles. The van der Waals surface area contributed by atoms with Crippen molar-refractivity contribution >= 4 is 16.1 Å². The topological polar surface area (TPSA) is 75.7 Å². The second-order valence-corrected chi connectivity index (χ2v) is 10.3. The van der Waals surface area contributed by atoms with Gasteiger partial charge >= 0.3 is 6.09 Å². The van der Waals surface area contributed by atoms with Crippen LogP contribution in [0.2, 0.25) is 0 Å². The zero-order valence-corrected chi connectivity index (χ0v) is 16.0. The minimum Gasteiger partial charge on any atom is -0.444 e.